The zero-order valence-electron chi connectivity index (χ0n) is 15.9. The molecule has 0 saturated carbocycles. The highest BCUT2D eigenvalue weighted by atomic mass is 35.5. The van der Waals surface area contributed by atoms with Crippen molar-refractivity contribution in [3.05, 3.63) is 64.2 Å². The molecule has 0 aliphatic carbocycles. The fourth-order valence-electron chi connectivity index (χ4n) is 4.11. The Kier molecular flexibility index (Phi) is 5.38. The van der Waals surface area contributed by atoms with Crippen LogP contribution in [0.3, 0.4) is 0 Å². The average Bonchev–Trinajstić information content (AvgIpc) is 2.98. The molecule has 2 aliphatic rings. The first-order valence-corrected chi connectivity index (χ1v) is 9.99. The molecule has 0 radical (unpaired) electrons. The number of hydrogen-bond donors (Lipinski definition) is 2. The number of aliphatic hydroxyl groups excluding tert-OH is 2. The zero-order valence-corrected chi connectivity index (χ0v) is 16.6. The van der Waals surface area contributed by atoms with E-state index in [1.54, 1.807) is 0 Å². The maximum atomic E-state index is 10.3. The van der Waals surface area contributed by atoms with Crippen LogP contribution in [-0.2, 0) is 21.7 Å². The van der Waals surface area contributed by atoms with Gasteiger partial charge in [-0.3, -0.25) is 0 Å². The van der Waals surface area contributed by atoms with Crippen LogP contribution >= 0.6 is 11.6 Å². The first-order valence-electron chi connectivity index (χ1n) is 9.61. The Hall–Kier alpha value is -1.63. The molecule has 0 spiro atoms. The van der Waals surface area contributed by atoms with Gasteiger partial charge in [0.2, 0.25) is 0 Å². The van der Waals surface area contributed by atoms with Gasteiger partial charge in [-0.2, -0.15) is 0 Å². The Morgan fingerprint density at radius 3 is 2.68 bits per heavy atom. The van der Waals surface area contributed by atoms with Crippen LogP contribution in [0.1, 0.15) is 36.5 Å². The summed E-state index contributed by atoms with van der Waals surface area (Å²) in [6.07, 6.45) is 0.771. The summed E-state index contributed by atoms with van der Waals surface area (Å²) in [5.41, 5.74) is 2.03. The van der Waals surface area contributed by atoms with Gasteiger partial charge < -0.3 is 24.4 Å². The number of fused-ring (bicyclic) bond motifs is 2. The van der Waals surface area contributed by atoms with E-state index in [-0.39, 0.29) is 13.2 Å². The lowest BCUT2D eigenvalue weighted by Crippen LogP contribution is -2.47. The molecule has 2 N–H and O–H groups in total. The van der Waals surface area contributed by atoms with Gasteiger partial charge in [0.15, 0.2) is 5.79 Å². The Bertz CT molecular complexity index is 839. The molecule has 4 rings (SSSR count). The lowest BCUT2D eigenvalue weighted by Gasteiger charge is -2.39. The summed E-state index contributed by atoms with van der Waals surface area (Å²) in [7, 11) is 0. The number of halogens is 1. The Morgan fingerprint density at radius 1 is 1.18 bits per heavy atom. The molecule has 2 aromatic carbocycles. The Labute approximate surface area is 169 Å². The van der Waals surface area contributed by atoms with Gasteiger partial charge in [0.05, 0.1) is 25.9 Å². The predicted molar refractivity (Wildman–Crippen MR) is 106 cm³/mol. The van der Waals surface area contributed by atoms with Crippen molar-refractivity contribution in [2.75, 3.05) is 19.8 Å². The number of aliphatic hydroxyl groups is 2. The van der Waals surface area contributed by atoms with Crippen LogP contribution < -0.4 is 4.74 Å². The molecule has 150 valence electrons. The largest absolute Gasteiger partial charge is 0.494 e. The van der Waals surface area contributed by atoms with Crippen molar-refractivity contribution in [3.63, 3.8) is 0 Å². The minimum absolute atomic E-state index is 0.182. The van der Waals surface area contributed by atoms with Crippen molar-refractivity contribution in [2.24, 2.45) is 0 Å². The van der Waals surface area contributed by atoms with Crippen molar-refractivity contribution in [3.8, 4) is 5.75 Å². The Morgan fingerprint density at radius 2 is 1.96 bits per heavy atom. The fraction of sp³-hybridized carbons (Fsp3) is 0.455. The molecule has 0 amide bonds. The van der Waals surface area contributed by atoms with Crippen molar-refractivity contribution >= 4 is 11.6 Å². The number of hydrogen-bond acceptors (Lipinski definition) is 5. The average molecular weight is 405 g/mol. The van der Waals surface area contributed by atoms with Crippen molar-refractivity contribution < 1.29 is 24.4 Å². The van der Waals surface area contributed by atoms with Crippen LogP contribution in [0.5, 0.6) is 5.75 Å². The van der Waals surface area contributed by atoms with E-state index in [1.807, 2.05) is 49.4 Å². The van der Waals surface area contributed by atoms with Gasteiger partial charge in [0, 0.05) is 23.4 Å². The molecule has 28 heavy (non-hydrogen) atoms. The zero-order chi connectivity index (χ0) is 19.8. The van der Waals surface area contributed by atoms with E-state index in [0.717, 1.165) is 22.4 Å². The highest BCUT2D eigenvalue weighted by molar-refractivity contribution is 6.31. The molecule has 0 aromatic heterocycles. The molecule has 2 aliphatic heterocycles. The lowest BCUT2D eigenvalue weighted by molar-refractivity contribution is -0.248. The first kappa shape index (κ1) is 19.7. The van der Waals surface area contributed by atoms with Gasteiger partial charge >= 0.3 is 0 Å². The van der Waals surface area contributed by atoms with Crippen molar-refractivity contribution in [2.45, 2.75) is 43.7 Å². The van der Waals surface area contributed by atoms with E-state index < -0.39 is 17.5 Å². The third-order valence-corrected chi connectivity index (χ3v) is 5.83. The van der Waals surface area contributed by atoms with E-state index in [9.17, 15) is 10.2 Å². The predicted octanol–water partition coefficient (Wildman–Crippen LogP) is 3.41. The molecule has 2 saturated heterocycles. The van der Waals surface area contributed by atoms with Gasteiger partial charge in [-0.1, -0.05) is 29.8 Å². The van der Waals surface area contributed by atoms with Crippen molar-refractivity contribution in [1.29, 1.82) is 0 Å². The summed E-state index contributed by atoms with van der Waals surface area (Å²) in [5.74, 6) is -0.201. The normalized spacial score (nSPS) is 29.1. The second-order valence-corrected chi connectivity index (χ2v) is 8.01. The summed E-state index contributed by atoms with van der Waals surface area (Å²) in [4.78, 5) is 0. The van der Waals surface area contributed by atoms with Crippen LogP contribution in [0.15, 0.2) is 42.5 Å². The highest BCUT2D eigenvalue weighted by Gasteiger charge is 2.57. The quantitative estimate of drug-likeness (QED) is 0.772. The maximum absolute atomic E-state index is 10.3. The van der Waals surface area contributed by atoms with Crippen molar-refractivity contribution in [1.82, 2.24) is 0 Å². The summed E-state index contributed by atoms with van der Waals surface area (Å²) in [5, 5.41) is 20.8. The monoisotopic (exact) mass is 404 g/mol. The molecule has 3 atom stereocenters. The van der Waals surface area contributed by atoms with Gasteiger partial charge in [-0.25, -0.2) is 0 Å². The maximum Gasteiger partial charge on any atom is 0.198 e. The number of rotatable bonds is 6. The smallest absolute Gasteiger partial charge is 0.198 e. The molecule has 2 aromatic rings. The molecule has 2 bridgehead atoms. The molecule has 2 fully saturated rings. The molecular weight excluding hydrogens is 380 g/mol. The van der Waals surface area contributed by atoms with Gasteiger partial charge in [0.1, 0.15) is 11.4 Å². The standard InChI is InChI=1S/C22H25ClO5/c1-2-26-19-6-3-15(4-7-19)9-16-10-17(5-8-20(16)23)22-12-18(25)11-21(13-24,28-22)14-27-22/h3-8,10,18,24-25H,2,9,11-14H2,1H3. The SMILES string of the molecule is CCOc1ccc(Cc2cc(C34CC(O)CC(CO)(CO3)O4)ccc2Cl)cc1. The molecule has 6 heteroatoms. The van der Waals surface area contributed by atoms with Crippen LogP contribution in [-0.4, -0.2) is 41.7 Å². The molecular formula is C22H25ClO5. The molecule has 2 heterocycles. The highest BCUT2D eigenvalue weighted by Crippen LogP contribution is 2.49. The third kappa shape index (κ3) is 3.65. The summed E-state index contributed by atoms with van der Waals surface area (Å²) in [6.45, 7) is 2.67. The van der Waals surface area contributed by atoms with Crippen LogP contribution in [0, 0.1) is 0 Å². The van der Waals surface area contributed by atoms with E-state index in [1.165, 1.54) is 0 Å². The van der Waals surface area contributed by atoms with E-state index in [0.29, 0.717) is 30.9 Å². The van der Waals surface area contributed by atoms with E-state index >= 15 is 0 Å². The van der Waals surface area contributed by atoms with Gasteiger partial charge in [-0.15, -0.1) is 0 Å². The topological polar surface area (TPSA) is 68.2 Å². The lowest BCUT2D eigenvalue weighted by atomic mass is 9.88. The number of benzene rings is 2. The second kappa shape index (κ2) is 7.65. The van der Waals surface area contributed by atoms with E-state index in [2.05, 4.69) is 0 Å². The summed E-state index contributed by atoms with van der Waals surface area (Å²) in [6, 6.07) is 13.6. The van der Waals surface area contributed by atoms with Crippen LogP contribution in [0.4, 0.5) is 0 Å². The fourth-order valence-corrected chi connectivity index (χ4v) is 4.29. The molecule has 5 nitrogen and oxygen atoms in total. The van der Waals surface area contributed by atoms with Crippen LogP contribution in [0.2, 0.25) is 5.02 Å². The third-order valence-electron chi connectivity index (χ3n) is 5.46. The summed E-state index contributed by atoms with van der Waals surface area (Å²) < 4.78 is 17.7. The first-order chi connectivity index (χ1) is 13.5. The second-order valence-electron chi connectivity index (χ2n) is 7.61. The minimum atomic E-state index is -1.04. The molecule has 3 unspecified atom stereocenters. The summed E-state index contributed by atoms with van der Waals surface area (Å²) >= 11 is 6.45. The van der Waals surface area contributed by atoms with Gasteiger partial charge in [0.25, 0.3) is 0 Å². The minimum Gasteiger partial charge on any atom is -0.494 e. The van der Waals surface area contributed by atoms with E-state index in [4.69, 9.17) is 25.8 Å². The van der Waals surface area contributed by atoms with Crippen LogP contribution in [0.25, 0.3) is 0 Å². The van der Waals surface area contributed by atoms with Gasteiger partial charge in [-0.05, 0) is 48.7 Å². The Balaban J connectivity index is 1.60. The number of ether oxygens (including phenoxy) is 3.